The Hall–Kier alpha value is -2.45. The van der Waals surface area contributed by atoms with Crippen LogP contribution in [-0.2, 0) is 13.0 Å². The van der Waals surface area contributed by atoms with Crippen LogP contribution in [0.15, 0.2) is 48.5 Å². The number of nitrogens with zero attached hydrogens (tertiary/aromatic N) is 1. The summed E-state index contributed by atoms with van der Waals surface area (Å²) in [5.41, 5.74) is 2.62. The van der Waals surface area contributed by atoms with E-state index in [9.17, 15) is 4.39 Å². The van der Waals surface area contributed by atoms with E-state index in [1.54, 1.807) is 6.07 Å². The summed E-state index contributed by atoms with van der Waals surface area (Å²) in [6, 6.07) is 15.9. The van der Waals surface area contributed by atoms with Gasteiger partial charge in [-0.15, -0.1) is 0 Å². The quantitative estimate of drug-likeness (QED) is 0.850. The van der Waals surface area contributed by atoms with Gasteiger partial charge in [-0.05, 0) is 47.6 Å². The lowest BCUT2D eigenvalue weighted by Gasteiger charge is -2.11. The molecule has 5 heteroatoms. The molecule has 21 heavy (non-hydrogen) atoms. The van der Waals surface area contributed by atoms with E-state index in [0.717, 1.165) is 16.8 Å². The zero-order chi connectivity index (χ0) is 15.1. The second kappa shape index (κ2) is 7.36. The van der Waals surface area contributed by atoms with Gasteiger partial charge in [-0.2, -0.15) is 5.26 Å². The average molecular weight is 299 g/mol. The van der Waals surface area contributed by atoms with Crippen LogP contribution in [0.5, 0.6) is 0 Å². The molecule has 0 aliphatic rings. The van der Waals surface area contributed by atoms with Gasteiger partial charge < -0.3 is 10.6 Å². The van der Waals surface area contributed by atoms with Crippen LogP contribution in [-0.4, -0.2) is 5.11 Å². The summed E-state index contributed by atoms with van der Waals surface area (Å²) in [5, 5.41) is 15.1. The van der Waals surface area contributed by atoms with Crippen LogP contribution >= 0.6 is 12.2 Å². The van der Waals surface area contributed by atoms with Gasteiger partial charge in [0, 0.05) is 12.2 Å². The number of anilines is 1. The molecule has 0 bridgehead atoms. The van der Waals surface area contributed by atoms with E-state index in [1.165, 1.54) is 12.1 Å². The van der Waals surface area contributed by atoms with Gasteiger partial charge in [0.2, 0.25) is 0 Å². The molecule has 2 aromatic rings. The van der Waals surface area contributed by atoms with Crippen LogP contribution in [0.2, 0.25) is 0 Å². The number of benzene rings is 2. The molecule has 0 atom stereocenters. The molecule has 2 N–H and O–H groups in total. The van der Waals surface area contributed by atoms with Gasteiger partial charge in [0.15, 0.2) is 5.11 Å². The van der Waals surface area contributed by atoms with Crippen LogP contribution in [0.25, 0.3) is 0 Å². The summed E-state index contributed by atoms with van der Waals surface area (Å²) >= 11 is 5.18. The Morgan fingerprint density at radius 3 is 2.57 bits per heavy atom. The maximum absolute atomic E-state index is 13.0. The van der Waals surface area contributed by atoms with Crippen molar-refractivity contribution in [2.24, 2.45) is 0 Å². The van der Waals surface area contributed by atoms with Gasteiger partial charge in [-0.3, -0.25) is 0 Å². The highest BCUT2D eigenvalue weighted by molar-refractivity contribution is 7.80. The van der Waals surface area contributed by atoms with Crippen molar-refractivity contribution in [3.63, 3.8) is 0 Å². The molecule has 0 spiro atoms. The predicted octanol–water partition coefficient (Wildman–Crippen LogP) is 3.38. The molecular formula is C16H14FN3S. The summed E-state index contributed by atoms with van der Waals surface area (Å²) < 4.78 is 13.0. The normalized spacial score (nSPS) is 9.71. The van der Waals surface area contributed by atoms with Crippen LogP contribution < -0.4 is 10.6 Å². The third-order valence-corrected chi connectivity index (χ3v) is 3.08. The van der Waals surface area contributed by atoms with Crippen molar-refractivity contribution >= 4 is 23.0 Å². The summed E-state index contributed by atoms with van der Waals surface area (Å²) in [7, 11) is 0. The molecule has 0 saturated heterocycles. The van der Waals surface area contributed by atoms with Crippen molar-refractivity contribution in [3.8, 4) is 6.07 Å². The topological polar surface area (TPSA) is 47.9 Å². The van der Waals surface area contributed by atoms with Gasteiger partial charge in [0.05, 0.1) is 12.5 Å². The predicted molar refractivity (Wildman–Crippen MR) is 85.2 cm³/mol. The van der Waals surface area contributed by atoms with Gasteiger partial charge in [-0.25, -0.2) is 4.39 Å². The Bertz CT molecular complexity index is 662. The Balaban J connectivity index is 1.85. The Kier molecular flexibility index (Phi) is 5.24. The summed E-state index contributed by atoms with van der Waals surface area (Å²) in [6.07, 6.45) is 0.391. The first-order valence-electron chi connectivity index (χ1n) is 6.42. The molecule has 0 aromatic heterocycles. The van der Waals surface area contributed by atoms with Crippen LogP contribution in [0, 0.1) is 17.1 Å². The SMILES string of the molecule is N#CCc1ccc(NC(=S)NCc2cccc(F)c2)cc1. The van der Waals surface area contributed by atoms with Crippen molar-refractivity contribution in [2.45, 2.75) is 13.0 Å². The number of rotatable bonds is 4. The average Bonchev–Trinajstić information content (AvgIpc) is 2.48. The van der Waals surface area contributed by atoms with E-state index >= 15 is 0 Å². The van der Waals surface area contributed by atoms with Crippen molar-refractivity contribution in [2.75, 3.05) is 5.32 Å². The molecule has 0 amide bonds. The molecule has 0 unspecified atom stereocenters. The Morgan fingerprint density at radius 2 is 1.90 bits per heavy atom. The summed E-state index contributed by atoms with van der Waals surface area (Å²) in [4.78, 5) is 0. The molecule has 0 aliphatic carbocycles. The van der Waals surface area contributed by atoms with E-state index < -0.39 is 0 Å². The van der Waals surface area contributed by atoms with Crippen LogP contribution in [0.4, 0.5) is 10.1 Å². The minimum Gasteiger partial charge on any atom is -0.358 e. The van der Waals surface area contributed by atoms with Gasteiger partial charge >= 0.3 is 0 Å². The molecule has 0 saturated carbocycles. The fourth-order valence-electron chi connectivity index (χ4n) is 1.80. The number of hydrogen-bond donors (Lipinski definition) is 2. The molecule has 0 heterocycles. The number of hydrogen-bond acceptors (Lipinski definition) is 2. The third kappa shape index (κ3) is 4.86. The van der Waals surface area contributed by atoms with Crippen molar-refractivity contribution < 1.29 is 4.39 Å². The molecule has 0 aliphatic heterocycles. The van der Waals surface area contributed by atoms with Crippen molar-refractivity contribution in [1.29, 1.82) is 5.26 Å². The third-order valence-electron chi connectivity index (χ3n) is 2.84. The summed E-state index contributed by atoms with van der Waals surface area (Å²) in [6.45, 7) is 0.454. The van der Waals surface area contributed by atoms with Crippen LogP contribution in [0.3, 0.4) is 0 Å². The van der Waals surface area contributed by atoms with Gasteiger partial charge in [-0.1, -0.05) is 24.3 Å². The van der Waals surface area contributed by atoms with E-state index in [-0.39, 0.29) is 5.82 Å². The van der Waals surface area contributed by atoms with E-state index in [1.807, 2.05) is 30.3 Å². The van der Waals surface area contributed by atoms with E-state index in [0.29, 0.717) is 18.1 Å². The molecule has 0 fully saturated rings. The number of halogens is 1. The van der Waals surface area contributed by atoms with E-state index in [4.69, 9.17) is 17.5 Å². The molecule has 2 rings (SSSR count). The summed E-state index contributed by atoms with van der Waals surface area (Å²) in [5.74, 6) is -0.263. The second-order valence-corrected chi connectivity index (χ2v) is 4.88. The fourth-order valence-corrected chi connectivity index (χ4v) is 1.99. The lowest BCUT2D eigenvalue weighted by Crippen LogP contribution is -2.27. The molecule has 3 nitrogen and oxygen atoms in total. The molecule has 2 aromatic carbocycles. The number of nitrogens with one attached hydrogen (secondary N) is 2. The minimum absolute atomic E-state index is 0.263. The molecule has 106 valence electrons. The first-order valence-corrected chi connectivity index (χ1v) is 6.83. The zero-order valence-electron chi connectivity index (χ0n) is 11.3. The van der Waals surface area contributed by atoms with Crippen LogP contribution in [0.1, 0.15) is 11.1 Å². The van der Waals surface area contributed by atoms with Gasteiger partial charge in [0.25, 0.3) is 0 Å². The zero-order valence-corrected chi connectivity index (χ0v) is 12.1. The fraction of sp³-hybridized carbons (Fsp3) is 0.125. The lowest BCUT2D eigenvalue weighted by atomic mass is 10.1. The highest BCUT2D eigenvalue weighted by atomic mass is 32.1. The monoisotopic (exact) mass is 299 g/mol. The Labute approximate surface area is 128 Å². The highest BCUT2D eigenvalue weighted by Gasteiger charge is 2.00. The molecular weight excluding hydrogens is 285 g/mol. The minimum atomic E-state index is -0.263. The first kappa shape index (κ1) is 14.9. The second-order valence-electron chi connectivity index (χ2n) is 4.47. The maximum atomic E-state index is 13.0. The van der Waals surface area contributed by atoms with Crippen molar-refractivity contribution in [3.05, 3.63) is 65.5 Å². The first-order chi connectivity index (χ1) is 10.2. The number of nitriles is 1. The maximum Gasteiger partial charge on any atom is 0.171 e. The Morgan fingerprint density at radius 1 is 1.14 bits per heavy atom. The number of thiocarbonyl (C=S) groups is 1. The molecule has 0 radical (unpaired) electrons. The van der Waals surface area contributed by atoms with E-state index in [2.05, 4.69) is 16.7 Å². The van der Waals surface area contributed by atoms with Gasteiger partial charge in [0.1, 0.15) is 5.82 Å². The largest absolute Gasteiger partial charge is 0.358 e. The standard InChI is InChI=1S/C16H14FN3S/c17-14-3-1-2-13(10-14)11-19-16(21)20-15-6-4-12(5-7-15)8-9-18/h1-7,10H,8,11H2,(H2,19,20,21). The van der Waals surface area contributed by atoms with Crippen molar-refractivity contribution in [1.82, 2.24) is 5.32 Å². The smallest absolute Gasteiger partial charge is 0.171 e. The lowest BCUT2D eigenvalue weighted by molar-refractivity contribution is 0.625. The highest BCUT2D eigenvalue weighted by Crippen LogP contribution is 2.10.